The number of amides is 6. The van der Waals surface area contributed by atoms with Gasteiger partial charge in [-0.05, 0) is 93.4 Å². The number of ketones is 1. The zero-order valence-corrected chi connectivity index (χ0v) is 34.6. The molecule has 60 heavy (non-hydrogen) atoms. The van der Waals surface area contributed by atoms with Gasteiger partial charge in [0.15, 0.2) is 18.1 Å². The molecule has 1 aromatic carbocycles. The summed E-state index contributed by atoms with van der Waals surface area (Å²) in [4.78, 5) is 89.6. The van der Waals surface area contributed by atoms with Crippen LogP contribution in [-0.4, -0.2) is 100.0 Å². The lowest BCUT2D eigenvalue weighted by molar-refractivity contribution is -0.233. The van der Waals surface area contributed by atoms with Gasteiger partial charge >= 0.3 is 0 Å². The highest BCUT2D eigenvalue weighted by Crippen LogP contribution is 2.68. The fourth-order valence-corrected chi connectivity index (χ4v) is 11.4. The van der Waals surface area contributed by atoms with Gasteiger partial charge in [-0.2, -0.15) is 0 Å². The summed E-state index contributed by atoms with van der Waals surface area (Å²) in [6, 6.07) is 3.35. The molecule has 10 atom stereocenters. The second kappa shape index (κ2) is 16.9. The minimum atomic E-state index is -2.00. The second-order valence-corrected chi connectivity index (χ2v) is 18.2. The maximum atomic E-state index is 17.6. The number of nitrogens with zero attached hydrogens (tertiary/aromatic N) is 1. The van der Waals surface area contributed by atoms with Gasteiger partial charge in [0.1, 0.15) is 11.8 Å². The van der Waals surface area contributed by atoms with E-state index in [1.807, 2.05) is 13.8 Å². The van der Waals surface area contributed by atoms with Crippen molar-refractivity contribution in [1.82, 2.24) is 20.9 Å². The summed E-state index contributed by atoms with van der Waals surface area (Å²) in [5, 5.41) is 31.1. The van der Waals surface area contributed by atoms with Crippen LogP contribution < -0.4 is 20.7 Å². The maximum Gasteiger partial charge on any atom is 0.266 e. The van der Waals surface area contributed by atoms with Gasteiger partial charge in [-0.15, -0.1) is 0 Å². The van der Waals surface area contributed by atoms with Crippen molar-refractivity contribution in [2.24, 2.45) is 34.5 Å². The zero-order valence-electron chi connectivity index (χ0n) is 34.6. The van der Waals surface area contributed by atoms with Crippen LogP contribution in [0.4, 0.5) is 4.39 Å². The van der Waals surface area contributed by atoms with Gasteiger partial charge in [0.05, 0.1) is 29.3 Å². The number of hydrogen-bond acceptors (Lipinski definition) is 10. The number of allylic oxidation sites excluding steroid dienone is 4. The number of aliphatic hydroxyl groups excluding tert-OH is 2. The molecule has 2 heterocycles. The van der Waals surface area contributed by atoms with Gasteiger partial charge in [0.2, 0.25) is 17.7 Å². The summed E-state index contributed by atoms with van der Waals surface area (Å²) in [7, 11) is 0. The fourth-order valence-electron chi connectivity index (χ4n) is 11.4. The number of alkyl halides is 1. The molecule has 0 aromatic heterocycles. The van der Waals surface area contributed by atoms with Crippen molar-refractivity contribution < 1.29 is 52.9 Å². The zero-order chi connectivity index (χ0) is 43.1. The number of halogens is 1. The molecular formula is C45H57FN4O10. The second-order valence-electron chi connectivity index (χ2n) is 18.2. The van der Waals surface area contributed by atoms with E-state index in [1.54, 1.807) is 13.0 Å². The van der Waals surface area contributed by atoms with Crippen LogP contribution in [0.15, 0.2) is 42.0 Å². The third-order valence-electron chi connectivity index (χ3n) is 14.6. The van der Waals surface area contributed by atoms with Gasteiger partial charge in [0, 0.05) is 30.8 Å². The van der Waals surface area contributed by atoms with E-state index in [0.717, 1.165) is 43.4 Å². The van der Waals surface area contributed by atoms with Gasteiger partial charge in [-0.3, -0.25) is 43.8 Å². The number of benzene rings is 1. The highest BCUT2D eigenvalue weighted by Gasteiger charge is 2.71. The van der Waals surface area contributed by atoms with E-state index in [2.05, 4.69) is 16.0 Å². The lowest BCUT2D eigenvalue weighted by atomic mass is 9.40. The molecule has 0 bridgehead atoms. The molecule has 6 amide bonds. The summed E-state index contributed by atoms with van der Waals surface area (Å²) in [5.74, 6) is -5.13. The number of piperidine rings is 1. The van der Waals surface area contributed by atoms with Crippen LogP contribution in [-0.2, 0) is 24.0 Å². The molecule has 4 fully saturated rings. The number of carbonyl (C=O) groups is 7. The third kappa shape index (κ3) is 7.49. The first kappa shape index (κ1) is 43.3. The Bertz CT molecular complexity index is 2020. The Morgan fingerprint density at radius 1 is 0.933 bits per heavy atom. The average Bonchev–Trinajstić information content (AvgIpc) is 3.45. The summed E-state index contributed by atoms with van der Waals surface area (Å²) in [5.41, 5.74) is -3.18. The number of imide groups is 2. The largest absolute Gasteiger partial charge is 0.483 e. The van der Waals surface area contributed by atoms with Crippen molar-refractivity contribution in [2.75, 3.05) is 19.7 Å². The number of carbonyl (C=O) groups excluding carboxylic acids is 7. The van der Waals surface area contributed by atoms with Crippen molar-refractivity contribution in [2.45, 2.75) is 122 Å². The number of ether oxygens (including phenoxy) is 1. The molecule has 4 aliphatic carbocycles. The Morgan fingerprint density at radius 3 is 2.35 bits per heavy atom. The van der Waals surface area contributed by atoms with Gasteiger partial charge in [0.25, 0.3) is 17.7 Å². The average molecular weight is 833 g/mol. The SMILES string of the molecule is C[C@@H]1C[C@H]2[C@@H]3CCC4=CC(=O)C=C[C@]4(C)[C@@]3(F)[C@@H](O)C[C@]2(C)[C@@H](C(=O)NCCCCCCCCNC(=O)COc2cccc3c2C(=O)N(C2CCC(=O)NC2=O)C3=O)[C@@H]1O. The van der Waals surface area contributed by atoms with Crippen LogP contribution in [0.3, 0.4) is 0 Å². The Hall–Kier alpha value is -4.76. The molecule has 14 nitrogen and oxygen atoms in total. The predicted octanol–water partition coefficient (Wildman–Crippen LogP) is 3.63. The van der Waals surface area contributed by atoms with E-state index in [0.29, 0.717) is 37.9 Å². The van der Waals surface area contributed by atoms with E-state index >= 15 is 4.39 Å². The van der Waals surface area contributed by atoms with Crippen LogP contribution in [0.2, 0.25) is 0 Å². The maximum absolute atomic E-state index is 17.6. The highest BCUT2D eigenvalue weighted by atomic mass is 19.1. The molecule has 0 radical (unpaired) electrons. The first-order valence-corrected chi connectivity index (χ1v) is 21.5. The van der Waals surface area contributed by atoms with Crippen LogP contribution in [0, 0.1) is 34.5 Å². The van der Waals surface area contributed by atoms with Crippen molar-refractivity contribution in [3.63, 3.8) is 0 Å². The first-order chi connectivity index (χ1) is 28.5. The van der Waals surface area contributed by atoms with Crippen molar-refractivity contribution in [3.05, 3.63) is 53.1 Å². The number of aliphatic hydroxyl groups is 2. The Labute approximate surface area is 349 Å². The van der Waals surface area contributed by atoms with E-state index in [9.17, 15) is 43.8 Å². The Kier molecular flexibility index (Phi) is 12.2. The molecule has 15 heteroatoms. The Morgan fingerprint density at radius 2 is 1.63 bits per heavy atom. The van der Waals surface area contributed by atoms with Crippen molar-refractivity contribution in [3.8, 4) is 5.75 Å². The molecule has 1 saturated heterocycles. The van der Waals surface area contributed by atoms with Crippen LogP contribution in [0.25, 0.3) is 0 Å². The molecular weight excluding hydrogens is 776 g/mol. The molecule has 1 unspecified atom stereocenters. The number of fused-ring (bicyclic) bond motifs is 6. The van der Waals surface area contributed by atoms with E-state index in [4.69, 9.17) is 4.74 Å². The van der Waals surface area contributed by atoms with Gasteiger partial charge in [-0.25, -0.2) is 4.39 Å². The summed E-state index contributed by atoms with van der Waals surface area (Å²) in [6.07, 6.45) is 8.89. The van der Waals surface area contributed by atoms with Gasteiger partial charge in [-0.1, -0.05) is 57.2 Å². The molecule has 2 aliphatic heterocycles. The summed E-state index contributed by atoms with van der Waals surface area (Å²) in [6.45, 7) is 6.08. The molecule has 6 aliphatic rings. The topological polar surface area (TPSA) is 209 Å². The van der Waals surface area contributed by atoms with E-state index in [-0.39, 0.29) is 66.3 Å². The molecule has 324 valence electrons. The van der Waals surface area contributed by atoms with Gasteiger partial charge < -0.3 is 25.6 Å². The predicted molar refractivity (Wildman–Crippen MR) is 215 cm³/mol. The Balaban J connectivity index is 0.812. The molecule has 7 rings (SSSR count). The smallest absolute Gasteiger partial charge is 0.266 e. The quantitative estimate of drug-likeness (QED) is 0.136. The monoisotopic (exact) mass is 832 g/mol. The lowest BCUT2D eigenvalue weighted by Gasteiger charge is -2.66. The fraction of sp³-hybridized carbons (Fsp3) is 0.622. The number of nitrogens with one attached hydrogen (secondary N) is 3. The minimum absolute atomic E-state index is 0.00402. The number of hydrogen-bond donors (Lipinski definition) is 5. The highest BCUT2D eigenvalue weighted by molar-refractivity contribution is 6.24. The minimum Gasteiger partial charge on any atom is -0.483 e. The summed E-state index contributed by atoms with van der Waals surface area (Å²) >= 11 is 0. The van der Waals surface area contributed by atoms with Crippen LogP contribution in [0.1, 0.15) is 119 Å². The van der Waals surface area contributed by atoms with E-state index < -0.39 is 76.1 Å². The lowest BCUT2D eigenvalue weighted by Crippen LogP contribution is -2.70. The number of rotatable bonds is 14. The molecule has 5 N–H and O–H groups in total. The molecule has 1 aromatic rings. The molecule has 3 saturated carbocycles. The first-order valence-electron chi connectivity index (χ1n) is 21.5. The van der Waals surface area contributed by atoms with Crippen LogP contribution >= 0.6 is 0 Å². The van der Waals surface area contributed by atoms with Crippen molar-refractivity contribution >= 4 is 41.2 Å². The van der Waals surface area contributed by atoms with Crippen molar-refractivity contribution in [1.29, 1.82) is 0 Å². The van der Waals surface area contributed by atoms with E-state index in [1.165, 1.54) is 30.4 Å². The molecule has 0 spiro atoms. The standard InChI is InChI=1S/C45H57FN4O10/c1-25-21-30-29-14-13-26-22-27(51)17-18-44(26,3)45(29,46)33(52)23-43(30,2)37(38(25)55)40(57)48-20-9-7-5-4-6-8-19-47-35(54)24-60-32-12-10-11-28-36(32)42(59)50(41(28)58)31-15-16-34(53)49-39(31)56/h10-12,17-18,22,25,29-31,33,37-38,52,55H,4-9,13-16,19-21,23-24H2,1-3H3,(H,47,54)(H,48,57)(H,49,53,56)/t25-,29+,30+,31?,33+,37-,38-,43+,44+,45+/m1/s1. The number of unbranched alkanes of at least 4 members (excludes halogenated alkanes) is 5. The normalized spacial score (nSPS) is 34.5. The third-order valence-corrected chi connectivity index (χ3v) is 14.6. The summed E-state index contributed by atoms with van der Waals surface area (Å²) < 4.78 is 23.2. The van der Waals surface area contributed by atoms with Crippen LogP contribution in [0.5, 0.6) is 5.75 Å².